The molecule has 0 bridgehead atoms. The summed E-state index contributed by atoms with van der Waals surface area (Å²) in [5, 5.41) is 3.35. The van der Waals surface area contributed by atoms with Crippen molar-refractivity contribution in [1.29, 1.82) is 0 Å². The van der Waals surface area contributed by atoms with Crippen LogP contribution in [0, 0.1) is 12.3 Å². The van der Waals surface area contributed by atoms with Gasteiger partial charge in [0.25, 0.3) is 5.17 Å². The zero-order valence-corrected chi connectivity index (χ0v) is 15.8. The van der Waals surface area contributed by atoms with Gasteiger partial charge in [-0.25, -0.2) is 0 Å². The highest BCUT2D eigenvalue weighted by molar-refractivity contribution is 7.80. The Hall–Kier alpha value is -2.40. The predicted molar refractivity (Wildman–Crippen MR) is 104 cm³/mol. The molecule has 0 aromatic heterocycles. The number of thiocarbonyl (C=S) groups is 1. The van der Waals surface area contributed by atoms with Crippen LogP contribution in [0.15, 0.2) is 48.5 Å². The Labute approximate surface area is 154 Å². The number of carbonyl (C=O) groups excluding carboxylic acids is 1. The molecule has 0 aliphatic carbocycles. The van der Waals surface area contributed by atoms with Crippen LogP contribution in [0.2, 0.25) is 0 Å². The Balaban J connectivity index is 1.83. The Morgan fingerprint density at radius 1 is 1.04 bits per heavy atom. The van der Waals surface area contributed by atoms with Crippen molar-refractivity contribution in [1.82, 2.24) is 0 Å². The average molecular weight is 357 g/mol. The van der Waals surface area contributed by atoms with Gasteiger partial charge in [0.05, 0.1) is 5.41 Å². The summed E-state index contributed by atoms with van der Waals surface area (Å²) in [6.07, 6.45) is 0. The van der Waals surface area contributed by atoms with Crippen LogP contribution in [-0.4, -0.2) is 11.1 Å². The fraction of sp³-hybridized carbons (Fsp3) is 0.300. The third-order valence-corrected chi connectivity index (χ3v) is 3.63. The van der Waals surface area contributed by atoms with Gasteiger partial charge in [0, 0.05) is 5.69 Å². The maximum atomic E-state index is 11.9. The summed E-state index contributed by atoms with van der Waals surface area (Å²) < 4.78 is 10.9. The third kappa shape index (κ3) is 6.19. The lowest BCUT2D eigenvalue weighted by atomic mass is 9.97. The first-order chi connectivity index (χ1) is 11.7. The fourth-order valence-corrected chi connectivity index (χ4v) is 2.03. The van der Waals surface area contributed by atoms with Crippen LogP contribution in [0.25, 0.3) is 0 Å². The molecule has 0 heterocycles. The molecule has 5 heteroatoms. The van der Waals surface area contributed by atoms with Crippen LogP contribution in [0.1, 0.15) is 31.9 Å². The molecule has 1 N–H and O–H groups in total. The summed E-state index contributed by atoms with van der Waals surface area (Å²) in [7, 11) is 0. The second kappa shape index (κ2) is 8.12. The van der Waals surface area contributed by atoms with Crippen molar-refractivity contribution in [2.45, 2.75) is 34.3 Å². The lowest BCUT2D eigenvalue weighted by molar-refractivity contribution is -0.142. The van der Waals surface area contributed by atoms with Gasteiger partial charge in [0.15, 0.2) is 0 Å². The topological polar surface area (TPSA) is 47.6 Å². The molecule has 0 atom stereocenters. The summed E-state index contributed by atoms with van der Waals surface area (Å²) >= 11 is 5.19. The maximum absolute atomic E-state index is 11.9. The van der Waals surface area contributed by atoms with E-state index in [0.29, 0.717) is 17.5 Å². The number of benzene rings is 2. The van der Waals surface area contributed by atoms with Gasteiger partial charge in [-0.1, -0.05) is 29.8 Å². The monoisotopic (exact) mass is 357 g/mol. The van der Waals surface area contributed by atoms with E-state index < -0.39 is 5.41 Å². The Morgan fingerprint density at radius 3 is 2.20 bits per heavy atom. The van der Waals surface area contributed by atoms with E-state index in [1.807, 2.05) is 64.1 Å². The van der Waals surface area contributed by atoms with Crippen LogP contribution in [-0.2, 0) is 16.1 Å². The van der Waals surface area contributed by atoms with Crippen molar-refractivity contribution in [3.63, 3.8) is 0 Å². The molecular weight excluding hydrogens is 334 g/mol. The van der Waals surface area contributed by atoms with E-state index in [1.165, 1.54) is 5.56 Å². The van der Waals surface area contributed by atoms with Crippen molar-refractivity contribution in [3.05, 3.63) is 59.7 Å². The number of hydrogen-bond donors (Lipinski definition) is 1. The van der Waals surface area contributed by atoms with Gasteiger partial charge in [-0.2, -0.15) is 0 Å². The standard InChI is InChI=1S/C20H23NO3S/c1-14-5-9-16(10-6-14)21-19(25)23-13-15-7-11-17(12-8-15)24-18(22)20(2,3)4/h5-12H,13H2,1-4H3,(H,21,25). The first-order valence-corrected chi connectivity index (χ1v) is 8.46. The van der Waals surface area contributed by atoms with Crippen molar-refractivity contribution >= 4 is 29.0 Å². The third-order valence-electron chi connectivity index (χ3n) is 3.41. The number of carbonyl (C=O) groups is 1. The number of ether oxygens (including phenoxy) is 2. The lowest BCUT2D eigenvalue weighted by Crippen LogP contribution is -2.25. The van der Waals surface area contributed by atoms with E-state index in [1.54, 1.807) is 12.1 Å². The van der Waals surface area contributed by atoms with Crippen LogP contribution >= 0.6 is 12.2 Å². The van der Waals surface area contributed by atoms with Crippen LogP contribution in [0.5, 0.6) is 5.75 Å². The quantitative estimate of drug-likeness (QED) is 0.481. The zero-order chi connectivity index (χ0) is 18.4. The van der Waals surface area contributed by atoms with Crippen LogP contribution in [0.4, 0.5) is 5.69 Å². The molecule has 4 nitrogen and oxygen atoms in total. The zero-order valence-electron chi connectivity index (χ0n) is 15.0. The van der Waals surface area contributed by atoms with E-state index in [9.17, 15) is 4.79 Å². The summed E-state index contributed by atoms with van der Waals surface area (Å²) in [6.45, 7) is 7.82. The Bertz CT molecular complexity index is 731. The molecule has 25 heavy (non-hydrogen) atoms. The number of esters is 1. The van der Waals surface area contributed by atoms with Crippen LogP contribution in [0.3, 0.4) is 0 Å². The van der Waals surface area contributed by atoms with Gasteiger partial charge >= 0.3 is 5.97 Å². The number of rotatable bonds is 4. The molecule has 2 rings (SSSR count). The minimum Gasteiger partial charge on any atom is -0.466 e. The molecule has 2 aromatic carbocycles. The van der Waals surface area contributed by atoms with Crippen molar-refractivity contribution in [3.8, 4) is 5.75 Å². The van der Waals surface area contributed by atoms with Gasteiger partial charge in [-0.3, -0.25) is 4.79 Å². The lowest BCUT2D eigenvalue weighted by Gasteiger charge is -2.16. The molecule has 0 aliphatic rings. The van der Waals surface area contributed by atoms with Gasteiger partial charge in [0.1, 0.15) is 12.4 Å². The van der Waals surface area contributed by atoms with E-state index >= 15 is 0 Å². The first kappa shape index (κ1) is 18.9. The van der Waals surface area contributed by atoms with Crippen molar-refractivity contribution < 1.29 is 14.3 Å². The normalized spacial score (nSPS) is 10.9. The van der Waals surface area contributed by atoms with Crippen molar-refractivity contribution in [2.75, 3.05) is 5.32 Å². The fourth-order valence-electron chi connectivity index (χ4n) is 1.85. The Kier molecular flexibility index (Phi) is 6.15. The molecule has 0 spiro atoms. The number of nitrogens with one attached hydrogen (secondary N) is 1. The van der Waals surface area contributed by atoms with Crippen molar-refractivity contribution in [2.24, 2.45) is 5.41 Å². The molecule has 0 saturated carbocycles. The molecular formula is C20H23NO3S. The average Bonchev–Trinajstić information content (AvgIpc) is 2.55. The molecule has 2 aromatic rings. The van der Waals surface area contributed by atoms with Gasteiger partial charge in [-0.05, 0) is 69.7 Å². The van der Waals surface area contributed by atoms with Gasteiger partial charge < -0.3 is 14.8 Å². The van der Waals surface area contributed by atoms with E-state index in [-0.39, 0.29) is 5.97 Å². The molecule has 132 valence electrons. The number of anilines is 1. The Morgan fingerprint density at radius 2 is 1.64 bits per heavy atom. The molecule has 0 saturated heterocycles. The second-order valence-corrected chi connectivity index (χ2v) is 7.22. The summed E-state index contributed by atoms with van der Waals surface area (Å²) in [6, 6.07) is 15.1. The summed E-state index contributed by atoms with van der Waals surface area (Å²) in [4.78, 5) is 11.9. The minimum absolute atomic E-state index is 0.264. The highest BCUT2D eigenvalue weighted by Crippen LogP contribution is 2.20. The van der Waals surface area contributed by atoms with Gasteiger partial charge in [-0.15, -0.1) is 0 Å². The number of aryl methyl sites for hydroxylation is 1. The summed E-state index contributed by atoms with van der Waals surface area (Å²) in [5.41, 5.74) is 2.48. The smallest absolute Gasteiger partial charge is 0.316 e. The molecule has 0 amide bonds. The first-order valence-electron chi connectivity index (χ1n) is 8.06. The minimum atomic E-state index is -0.532. The molecule has 0 aliphatic heterocycles. The molecule has 0 radical (unpaired) electrons. The van der Waals surface area contributed by atoms with E-state index in [0.717, 1.165) is 11.3 Å². The number of hydrogen-bond acceptors (Lipinski definition) is 4. The molecule has 0 unspecified atom stereocenters. The van der Waals surface area contributed by atoms with Gasteiger partial charge in [0.2, 0.25) is 0 Å². The SMILES string of the molecule is Cc1ccc(NC(=S)OCc2ccc(OC(=O)C(C)(C)C)cc2)cc1. The maximum Gasteiger partial charge on any atom is 0.316 e. The highest BCUT2D eigenvalue weighted by atomic mass is 32.1. The largest absolute Gasteiger partial charge is 0.466 e. The van der Waals surface area contributed by atoms with Crippen LogP contribution < -0.4 is 10.1 Å². The molecule has 0 fully saturated rings. The summed E-state index contributed by atoms with van der Waals surface area (Å²) in [5.74, 6) is 0.254. The van der Waals surface area contributed by atoms with E-state index in [4.69, 9.17) is 21.7 Å². The second-order valence-electron chi connectivity index (χ2n) is 6.85. The predicted octanol–water partition coefficient (Wildman–Crippen LogP) is 4.86. The van der Waals surface area contributed by atoms with E-state index in [2.05, 4.69) is 5.32 Å². The highest BCUT2D eigenvalue weighted by Gasteiger charge is 2.23.